The summed E-state index contributed by atoms with van der Waals surface area (Å²) >= 11 is 4.93. The zero-order valence-electron chi connectivity index (χ0n) is 11.9. The number of carbonyl (C=O) groups is 1. The Morgan fingerprint density at radius 3 is 2.48 bits per heavy atom. The van der Waals surface area contributed by atoms with Gasteiger partial charge in [-0.05, 0) is 36.4 Å². The van der Waals surface area contributed by atoms with Crippen LogP contribution < -0.4 is 0 Å². The number of nitrogens with zero attached hydrogens (tertiary/aromatic N) is 3. The second-order valence-electron chi connectivity index (χ2n) is 4.68. The van der Waals surface area contributed by atoms with Crippen LogP contribution in [0.25, 0.3) is 5.69 Å². The Morgan fingerprint density at radius 2 is 1.83 bits per heavy atom. The molecule has 1 aromatic heterocycles. The number of aromatic carboxylic acids is 1. The van der Waals surface area contributed by atoms with Crippen molar-refractivity contribution in [2.24, 2.45) is 0 Å². The zero-order valence-corrected chi connectivity index (χ0v) is 14.3. The predicted molar refractivity (Wildman–Crippen MR) is 92.0 cm³/mol. The number of aromatic nitrogens is 3. The Kier molecular flexibility index (Phi) is 4.78. The average molecular weight is 390 g/mol. The van der Waals surface area contributed by atoms with Crippen molar-refractivity contribution in [3.63, 3.8) is 0 Å². The van der Waals surface area contributed by atoms with Crippen LogP contribution in [0.5, 0.6) is 0 Å². The fraction of sp³-hybridized carbons (Fsp3) is 0.0625. The molecule has 5 nitrogen and oxygen atoms in total. The number of thioether (sulfide) groups is 1. The third-order valence-electron chi connectivity index (χ3n) is 3.16. The summed E-state index contributed by atoms with van der Waals surface area (Å²) < 4.78 is 2.52. The fourth-order valence-electron chi connectivity index (χ4n) is 2.06. The molecule has 1 N–H and O–H groups in total. The number of rotatable bonds is 5. The largest absolute Gasteiger partial charge is 0.476 e. The lowest BCUT2D eigenvalue weighted by atomic mass is 10.3. The molecular weight excluding hydrogens is 378 g/mol. The van der Waals surface area contributed by atoms with E-state index in [1.165, 1.54) is 0 Å². The lowest BCUT2D eigenvalue weighted by Gasteiger charge is -2.07. The van der Waals surface area contributed by atoms with E-state index in [-0.39, 0.29) is 5.69 Å². The molecule has 0 aliphatic rings. The van der Waals surface area contributed by atoms with Crippen LogP contribution in [0.1, 0.15) is 16.2 Å². The van der Waals surface area contributed by atoms with Crippen molar-refractivity contribution in [1.82, 2.24) is 15.0 Å². The highest BCUT2D eigenvalue weighted by Crippen LogP contribution is 2.25. The Labute approximate surface area is 145 Å². The first kappa shape index (κ1) is 15.8. The number of halogens is 1. The standard InChI is InChI=1S/C16H12BrN3O2S/c17-11-6-8-12(9-7-11)20-14(15(16(21)22)18-19-20)10-23-13-4-2-1-3-5-13/h1-9H,10H2,(H,21,22). The SMILES string of the molecule is O=C(O)c1nnn(-c2ccc(Br)cc2)c1CSc1ccccc1. The van der Waals surface area contributed by atoms with Crippen LogP contribution in [-0.2, 0) is 5.75 Å². The monoisotopic (exact) mass is 389 g/mol. The molecule has 3 aromatic rings. The quantitative estimate of drug-likeness (QED) is 0.667. The van der Waals surface area contributed by atoms with Gasteiger partial charge in [0.25, 0.3) is 0 Å². The highest BCUT2D eigenvalue weighted by molar-refractivity contribution is 9.10. The van der Waals surface area contributed by atoms with Crippen LogP contribution in [0.3, 0.4) is 0 Å². The summed E-state index contributed by atoms with van der Waals surface area (Å²) in [6.45, 7) is 0. The molecule has 0 amide bonds. The lowest BCUT2D eigenvalue weighted by Crippen LogP contribution is -2.05. The number of hydrogen-bond donors (Lipinski definition) is 1. The molecule has 0 aliphatic carbocycles. The summed E-state index contributed by atoms with van der Waals surface area (Å²) in [6, 6.07) is 17.3. The molecule has 0 saturated heterocycles. The van der Waals surface area contributed by atoms with E-state index in [4.69, 9.17) is 0 Å². The van der Waals surface area contributed by atoms with Crippen molar-refractivity contribution in [1.29, 1.82) is 0 Å². The molecule has 2 aromatic carbocycles. The highest BCUT2D eigenvalue weighted by Gasteiger charge is 2.20. The molecule has 7 heteroatoms. The molecule has 23 heavy (non-hydrogen) atoms. The first-order valence-corrected chi connectivity index (χ1v) is 8.54. The number of hydrogen-bond acceptors (Lipinski definition) is 4. The predicted octanol–water partition coefficient (Wildman–Crippen LogP) is 4.02. The minimum atomic E-state index is -1.07. The van der Waals surface area contributed by atoms with Gasteiger partial charge in [-0.2, -0.15) is 0 Å². The molecule has 0 fully saturated rings. The lowest BCUT2D eigenvalue weighted by molar-refractivity contribution is 0.0689. The summed E-state index contributed by atoms with van der Waals surface area (Å²) in [5.74, 6) is -0.605. The minimum Gasteiger partial charge on any atom is -0.476 e. The van der Waals surface area contributed by atoms with Crippen molar-refractivity contribution >= 4 is 33.7 Å². The molecule has 0 spiro atoms. The Hall–Kier alpha value is -2.12. The summed E-state index contributed by atoms with van der Waals surface area (Å²) in [5, 5.41) is 17.2. The van der Waals surface area contributed by atoms with Gasteiger partial charge in [0.2, 0.25) is 0 Å². The number of benzene rings is 2. The van der Waals surface area contributed by atoms with Crippen LogP contribution >= 0.6 is 27.7 Å². The molecule has 116 valence electrons. The Bertz CT molecular complexity index is 819. The van der Waals surface area contributed by atoms with Crippen LogP contribution in [0.2, 0.25) is 0 Å². The van der Waals surface area contributed by atoms with E-state index in [9.17, 15) is 9.90 Å². The normalized spacial score (nSPS) is 10.7. The van der Waals surface area contributed by atoms with Gasteiger partial charge in [0.1, 0.15) is 0 Å². The molecule has 0 radical (unpaired) electrons. The minimum absolute atomic E-state index is 0.0173. The van der Waals surface area contributed by atoms with Crippen molar-refractivity contribution in [2.45, 2.75) is 10.6 Å². The van der Waals surface area contributed by atoms with E-state index in [0.717, 1.165) is 15.1 Å². The van der Waals surface area contributed by atoms with Gasteiger partial charge in [-0.25, -0.2) is 9.48 Å². The van der Waals surface area contributed by atoms with E-state index in [1.807, 2.05) is 54.6 Å². The van der Waals surface area contributed by atoms with Gasteiger partial charge in [0, 0.05) is 15.1 Å². The highest BCUT2D eigenvalue weighted by atomic mass is 79.9. The first-order valence-electron chi connectivity index (χ1n) is 6.77. The summed E-state index contributed by atoms with van der Waals surface area (Å²) in [4.78, 5) is 12.5. The van der Waals surface area contributed by atoms with E-state index in [0.29, 0.717) is 11.4 Å². The topological polar surface area (TPSA) is 68.0 Å². The van der Waals surface area contributed by atoms with E-state index in [1.54, 1.807) is 16.4 Å². The molecule has 1 heterocycles. The second-order valence-corrected chi connectivity index (χ2v) is 6.64. The van der Waals surface area contributed by atoms with E-state index < -0.39 is 5.97 Å². The van der Waals surface area contributed by atoms with E-state index >= 15 is 0 Å². The van der Waals surface area contributed by atoms with Crippen molar-refractivity contribution < 1.29 is 9.90 Å². The third kappa shape index (κ3) is 3.62. The maximum Gasteiger partial charge on any atom is 0.358 e. The molecule has 0 aliphatic heterocycles. The number of carboxylic acid groups (broad SMARTS) is 1. The average Bonchev–Trinajstić information content (AvgIpc) is 2.99. The van der Waals surface area contributed by atoms with Crippen LogP contribution in [0, 0.1) is 0 Å². The first-order chi connectivity index (χ1) is 11.1. The molecule has 0 atom stereocenters. The van der Waals surface area contributed by atoms with Crippen molar-refractivity contribution in [3.8, 4) is 5.69 Å². The summed E-state index contributed by atoms with van der Waals surface area (Å²) in [6.07, 6.45) is 0. The van der Waals surface area contributed by atoms with Crippen LogP contribution in [0.4, 0.5) is 0 Å². The Balaban J connectivity index is 1.94. The molecule has 0 saturated carbocycles. The van der Waals surface area contributed by atoms with Gasteiger partial charge in [-0.15, -0.1) is 16.9 Å². The smallest absolute Gasteiger partial charge is 0.358 e. The van der Waals surface area contributed by atoms with Crippen LogP contribution in [0.15, 0.2) is 64.0 Å². The maximum absolute atomic E-state index is 11.4. The molecule has 0 unspecified atom stereocenters. The van der Waals surface area contributed by atoms with Crippen molar-refractivity contribution in [3.05, 3.63) is 70.5 Å². The maximum atomic E-state index is 11.4. The van der Waals surface area contributed by atoms with Crippen molar-refractivity contribution in [2.75, 3.05) is 0 Å². The fourth-order valence-corrected chi connectivity index (χ4v) is 3.23. The molecule has 3 rings (SSSR count). The summed E-state index contributed by atoms with van der Waals surface area (Å²) in [5.41, 5.74) is 1.32. The van der Waals surface area contributed by atoms with Gasteiger partial charge < -0.3 is 5.11 Å². The molecule has 0 bridgehead atoms. The van der Waals surface area contributed by atoms with Gasteiger partial charge >= 0.3 is 5.97 Å². The van der Waals surface area contributed by atoms with E-state index in [2.05, 4.69) is 26.2 Å². The summed E-state index contributed by atoms with van der Waals surface area (Å²) in [7, 11) is 0. The number of carboxylic acids is 1. The Morgan fingerprint density at radius 1 is 1.13 bits per heavy atom. The van der Waals surface area contributed by atoms with Gasteiger partial charge in [0.15, 0.2) is 5.69 Å². The van der Waals surface area contributed by atoms with Gasteiger partial charge in [-0.3, -0.25) is 0 Å². The van der Waals surface area contributed by atoms with Gasteiger partial charge in [0.05, 0.1) is 11.4 Å². The van der Waals surface area contributed by atoms with Gasteiger partial charge in [-0.1, -0.05) is 39.3 Å². The third-order valence-corrected chi connectivity index (χ3v) is 4.71. The second kappa shape index (κ2) is 6.97. The van der Waals surface area contributed by atoms with Crippen LogP contribution in [-0.4, -0.2) is 26.1 Å². The zero-order chi connectivity index (χ0) is 16.2. The molecular formula is C16H12BrN3O2S.